The minimum Gasteiger partial charge on any atom is -0.481 e. The predicted molar refractivity (Wildman–Crippen MR) is 265 cm³/mol. The van der Waals surface area contributed by atoms with E-state index in [1.54, 1.807) is 58.2 Å². The summed E-state index contributed by atoms with van der Waals surface area (Å²) in [6.45, 7) is 6.43. The number of aromatic amines is 1. The van der Waals surface area contributed by atoms with E-state index in [-0.39, 0.29) is 63.5 Å². The lowest BCUT2D eigenvalue weighted by Gasteiger charge is -2.31. The quantitative estimate of drug-likeness (QED) is 0.0392. The maximum atomic E-state index is 14.3. The average Bonchev–Trinajstić information content (AvgIpc) is 4.12. The number of primary amides is 2. The Kier molecular flexibility index (Phi) is 21.8. The number of aliphatic carboxylic acids is 3. The monoisotopic (exact) mass is 1070 g/mol. The van der Waals surface area contributed by atoms with Gasteiger partial charge in [0.1, 0.15) is 48.3 Å². The van der Waals surface area contributed by atoms with Gasteiger partial charge in [0.2, 0.25) is 59.1 Å². The number of likely N-dealkylation sites (tertiary alicyclic amines) is 2. The van der Waals surface area contributed by atoms with E-state index in [0.717, 1.165) is 9.80 Å². The third kappa shape index (κ3) is 16.9. The number of nitrogens with two attached hydrogens (primary N) is 3. The molecular formula is C48H68N12O16. The van der Waals surface area contributed by atoms with Crippen LogP contribution in [0.2, 0.25) is 0 Å². The van der Waals surface area contributed by atoms with Gasteiger partial charge in [-0.2, -0.15) is 0 Å². The first-order valence-corrected chi connectivity index (χ1v) is 24.7. The van der Waals surface area contributed by atoms with Gasteiger partial charge in [-0.15, -0.1) is 0 Å². The fourth-order valence-electron chi connectivity index (χ4n) is 8.92. The number of carbonyl (C=O) groups is 13. The minimum atomic E-state index is -1.86. The second kappa shape index (κ2) is 27.4. The highest BCUT2D eigenvalue weighted by atomic mass is 16.4. The molecule has 2 aromatic rings. The van der Waals surface area contributed by atoms with Crippen molar-refractivity contribution in [1.29, 1.82) is 0 Å². The molecule has 10 amide bonds. The molecule has 9 atom stereocenters. The number of amides is 10. The van der Waals surface area contributed by atoms with Gasteiger partial charge < -0.3 is 79.2 Å². The maximum Gasteiger partial charge on any atom is 0.326 e. The summed E-state index contributed by atoms with van der Waals surface area (Å²) < 4.78 is 0. The number of carbonyl (C=O) groups excluding carboxylic acids is 10. The van der Waals surface area contributed by atoms with Gasteiger partial charge in [0.25, 0.3) is 0 Å². The third-order valence-corrected chi connectivity index (χ3v) is 12.8. The molecule has 28 nitrogen and oxygen atoms in total. The number of nitrogens with one attached hydrogen (secondary N) is 7. The zero-order valence-electron chi connectivity index (χ0n) is 42.5. The van der Waals surface area contributed by atoms with Crippen molar-refractivity contribution in [3.63, 3.8) is 0 Å². The Hall–Kier alpha value is -8.17. The Morgan fingerprint density at radius 2 is 1.04 bits per heavy atom. The number of carboxylic acid groups (broad SMARTS) is 3. The van der Waals surface area contributed by atoms with Gasteiger partial charge in [0.15, 0.2) is 0 Å². The normalized spacial score (nSPS) is 18.0. The molecule has 0 spiro atoms. The molecule has 2 fully saturated rings. The van der Waals surface area contributed by atoms with Gasteiger partial charge in [-0.1, -0.05) is 45.9 Å². The maximum absolute atomic E-state index is 14.3. The van der Waals surface area contributed by atoms with Gasteiger partial charge in [-0.3, -0.25) is 57.5 Å². The third-order valence-electron chi connectivity index (χ3n) is 12.8. The summed E-state index contributed by atoms with van der Waals surface area (Å²) in [5.41, 5.74) is 17.8. The first kappa shape index (κ1) is 60.4. The summed E-state index contributed by atoms with van der Waals surface area (Å²) in [4.78, 5) is 175. The molecule has 16 N–H and O–H groups in total. The van der Waals surface area contributed by atoms with E-state index in [1.165, 1.54) is 0 Å². The predicted octanol–water partition coefficient (Wildman–Crippen LogP) is -3.58. The van der Waals surface area contributed by atoms with E-state index in [4.69, 9.17) is 17.2 Å². The highest BCUT2D eigenvalue weighted by molar-refractivity contribution is 6.01. The Labute approximate surface area is 435 Å². The van der Waals surface area contributed by atoms with Crippen LogP contribution in [0.15, 0.2) is 30.5 Å². The van der Waals surface area contributed by atoms with E-state index in [0.29, 0.717) is 16.5 Å². The highest BCUT2D eigenvalue weighted by Crippen LogP contribution is 2.24. The molecule has 28 heteroatoms. The van der Waals surface area contributed by atoms with Crippen molar-refractivity contribution < 1.29 is 77.6 Å². The number of hydrogen-bond acceptors (Lipinski definition) is 14. The molecule has 0 aliphatic carbocycles. The lowest BCUT2D eigenvalue weighted by atomic mass is 10.0. The van der Waals surface area contributed by atoms with E-state index < -0.39 is 157 Å². The fraction of sp³-hybridized carbons (Fsp3) is 0.562. The molecular weight excluding hydrogens is 1000 g/mol. The lowest BCUT2D eigenvalue weighted by Crippen LogP contribution is -2.61. The van der Waals surface area contributed by atoms with Crippen LogP contribution < -0.4 is 49.1 Å². The van der Waals surface area contributed by atoms with Crippen LogP contribution in [0.5, 0.6) is 0 Å². The summed E-state index contributed by atoms with van der Waals surface area (Å²) >= 11 is 0. The Morgan fingerprint density at radius 1 is 0.592 bits per heavy atom. The molecule has 0 radical (unpaired) electrons. The average molecular weight is 1070 g/mol. The molecule has 1 aromatic carbocycles. The molecule has 2 aliphatic rings. The van der Waals surface area contributed by atoms with Crippen molar-refractivity contribution in [3.8, 4) is 0 Å². The van der Waals surface area contributed by atoms with Crippen molar-refractivity contribution in [2.45, 2.75) is 146 Å². The first-order chi connectivity index (χ1) is 35.7. The van der Waals surface area contributed by atoms with E-state index in [1.807, 2.05) is 0 Å². The van der Waals surface area contributed by atoms with Gasteiger partial charge in [-0.25, -0.2) is 4.79 Å². The van der Waals surface area contributed by atoms with Crippen molar-refractivity contribution in [2.24, 2.45) is 29.0 Å². The topological polar surface area (TPSA) is 455 Å². The summed E-state index contributed by atoms with van der Waals surface area (Å²) in [5.74, 6) is -15.3. The van der Waals surface area contributed by atoms with E-state index in [9.17, 15) is 77.6 Å². The smallest absolute Gasteiger partial charge is 0.326 e. The van der Waals surface area contributed by atoms with Gasteiger partial charge >= 0.3 is 17.9 Å². The van der Waals surface area contributed by atoms with Crippen LogP contribution in [0.1, 0.15) is 91.0 Å². The second-order valence-corrected chi connectivity index (χ2v) is 19.6. The number of hydrogen-bond donors (Lipinski definition) is 13. The zero-order valence-corrected chi connectivity index (χ0v) is 42.5. The summed E-state index contributed by atoms with van der Waals surface area (Å²) in [5, 5.41) is 44.1. The number of nitrogens with zero attached hydrogens (tertiary/aromatic N) is 2. The van der Waals surface area contributed by atoms with Crippen LogP contribution in [-0.2, 0) is 68.7 Å². The van der Waals surface area contributed by atoms with Gasteiger partial charge in [-0.05, 0) is 55.6 Å². The Morgan fingerprint density at radius 3 is 1.53 bits per heavy atom. The number of H-pyrrole nitrogens is 1. The lowest BCUT2D eigenvalue weighted by molar-refractivity contribution is -0.146. The van der Waals surface area contributed by atoms with Crippen LogP contribution in [0.3, 0.4) is 0 Å². The van der Waals surface area contributed by atoms with Crippen molar-refractivity contribution >= 4 is 87.9 Å². The fourth-order valence-corrected chi connectivity index (χ4v) is 8.92. The molecule has 0 bridgehead atoms. The molecule has 9 unspecified atom stereocenters. The number of rotatable bonds is 28. The molecule has 0 saturated carbocycles. The molecule has 416 valence electrons. The summed E-state index contributed by atoms with van der Waals surface area (Å²) in [6, 6.07) is -6.87. The van der Waals surface area contributed by atoms with Crippen LogP contribution in [0.4, 0.5) is 0 Å². The summed E-state index contributed by atoms with van der Waals surface area (Å²) in [6.07, 6.45) is -1.78. The van der Waals surface area contributed by atoms with E-state index in [2.05, 4.69) is 36.9 Å². The van der Waals surface area contributed by atoms with E-state index >= 15 is 0 Å². The van der Waals surface area contributed by atoms with Gasteiger partial charge in [0.05, 0.1) is 31.7 Å². The minimum absolute atomic E-state index is 0.00439. The standard InChI is InChI=1S/C48H68N12O16/c1-22(2)15-27(53-42(69)29(17-35(49)61)55-44(71)34-12-8-14-60(34)47(74)31(20-38(65)66)57-45(72)39(51)23(3)4)40(67)56-30(19-37(63)64)46(73)59-13-7-11-33(59)43(70)54-28(41(68)58-32(48(75)76)18-36(50)62)16-24-21-52-26-10-6-5-9-25(24)26/h5-6,9-10,21-23,27-34,39,52H,7-8,11-20,51H2,1-4H3,(H2,49,61)(H2,50,62)(H,53,69)(H,54,70)(H,55,71)(H,56,67)(H,57,72)(H,58,68)(H,63,64)(H,65,66)(H,75,76). The highest BCUT2D eigenvalue weighted by Gasteiger charge is 2.43. The van der Waals surface area contributed by atoms with Crippen LogP contribution >= 0.6 is 0 Å². The van der Waals surface area contributed by atoms with Gasteiger partial charge in [0, 0.05) is 36.6 Å². The van der Waals surface area contributed by atoms with Crippen molar-refractivity contribution in [1.82, 2.24) is 46.7 Å². The zero-order chi connectivity index (χ0) is 56.7. The van der Waals surface area contributed by atoms with Crippen LogP contribution in [-0.4, -0.2) is 175 Å². The number of benzene rings is 1. The number of para-hydroxylation sites is 1. The SMILES string of the molecule is CC(C)CC(NC(=O)C(CC(N)=O)NC(=O)C1CCCN1C(=O)C(CC(=O)O)NC(=O)C(N)C(C)C)C(=O)NC(CC(=O)O)C(=O)N1CCCC1C(=O)NC(Cc1c[nH]c2ccccc12)C(=O)NC(CC(N)=O)C(=O)O. The summed E-state index contributed by atoms with van der Waals surface area (Å²) in [7, 11) is 0. The first-order valence-electron chi connectivity index (χ1n) is 24.7. The van der Waals surface area contributed by atoms with Crippen LogP contribution in [0.25, 0.3) is 10.9 Å². The molecule has 2 saturated heterocycles. The van der Waals surface area contributed by atoms with Crippen LogP contribution in [0, 0.1) is 11.8 Å². The van der Waals surface area contributed by atoms with Crippen molar-refractivity contribution in [3.05, 3.63) is 36.0 Å². The van der Waals surface area contributed by atoms with Crippen molar-refractivity contribution in [2.75, 3.05) is 13.1 Å². The molecule has 2 aliphatic heterocycles. The molecule has 76 heavy (non-hydrogen) atoms. The Balaban J connectivity index is 1.54. The number of carboxylic acids is 3. The largest absolute Gasteiger partial charge is 0.481 e. The second-order valence-electron chi connectivity index (χ2n) is 19.6. The number of aromatic nitrogens is 1. The number of fused-ring (bicyclic) bond motifs is 1. The molecule has 4 rings (SSSR count). The molecule has 3 heterocycles. The Bertz CT molecular complexity index is 2550. The molecule has 1 aromatic heterocycles.